The van der Waals surface area contributed by atoms with Gasteiger partial charge in [-0.2, -0.15) is 0 Å². The molecule has 0 radical (unpaired) electrons. The molecule has 0 aromatic heterocycles. The van der Waals surface area contributed by atoms with Gasteiger partial charge in [0, 0.05) is 6.54 Å². The third-order valence-electron chi connectivity index (χ3n) is 2.86. The molecule has 0 aliphatic heterocycles. The van der Waals surface area contributed by atoms with E-state index in [0.717, 1.165) is 17.0 Å². The third-order valence-corrected chi connectivity index (χ3v) is 2.86. The zero-order valence-corrected chi connectivity index (χ0v) is 11.9. The van der Waals surface area contributed by atoms with Gasteiger partial charge in [0.05, 0.1) is 12.3 Å². The normalized spacial score (nSPS) is 10.6. The van der Waals surface area contributed by atoms with Crippen molar-refractivity contribution < 1.29 is 9.13 Å². The lowest BCUT2D eigenvalue weighted by atomic mass is 10.2. The Morgan fingerprint density at radius 2 is 1.75 bits per heavy atom. The molecular formula is C17H20FNO. The number of ether oxygens (including phenoxy) is 1. The molecule has 0 spiro atoms. The van der Waals surface area contributed by atoms with Gasteiger partial charge in [-0.3, -0.25) is 0 Å². The molecule has 0 aliphatic carbocycles. The highest BCUT2D eigenvalue weighted by atomic mass is 19.1. The Kier molecular flexibility index (Phi) is 4.99. The number of para-hydroxylation sites is 2. The quantitative estimate of drug-likeness (QED) is 0.838. The maximum Gasteiger partial charge on any atom is 0.142 e. The van der Waals surface area contributed by atoms with Gasteiger partial charge in [0.15, 0.2) is 0 Å². The number of hydrogen-bond acceptors (Lipinski definition) is 2. The summed E-state index contributed by atoms with van der Waals surface area (Å²) in [5.41, 5.74) is 1.99. The maximum atomic E-state index is 12.8. The summed E-state index contributed by atoms with van der Waals surface area (Å²) in [6, 6.07) is 14.4. The van der Waals surface area contributed by atoms with E-state index in [1.54, 1.807) is 12.1 Å². The monoisotopic (exact) mass is 273 g/mol. The lowest BCUT2D eigenvalue weighted by Crippen LogP contribution is -2.07. The van der Waals surface area contributed by atoms with E-state index in [2.05, 4.69) is 19.2 Å². The van der Waals surface area contributed by atoms with Crippen LogP contribution in [0.4, 0.5) is 10.1 Å². The van der Waals surface area contributed by atoms with E-state index in [1.807, 2.05) is 24.3 Å². The van der Waals surface area contributed by atoms with Crippen LogP contribution in [0, 0.1) is 11.7 Å². The summed E-state index contributed by atoms with van der Waals surface area (Å²) in [6.07, 6.45) is 0. The summed E-state index contributed by atoms with van der Waals surface area (Å²) in [7, 11) is 0. The second kappa shape index (κ2) is 6.94. The van der Waals surface area contributed by atoms with E-state index in [0.29, 0.717) is 19.1 Å². The van der Waals surface area contributed by atoms with Gasteiger partial charge >= 0.3 is 0 Å². The molecule has 2 rings (SSSR count). The van der Waals surface area contributed by atoms with Crippen LogP contribution in [-0.4, -0.2) is 6.61 Å². The van der Waals surface area contributed by atoms with Crippen LogP contribution in [-0.2, 0) is 6.54 Å². The highest BCUT2D eigenvalue weighted by Gasteiger charge is 2.04. The number of rotatable bonds is 6. The van der Waals surface area contributed by atoms with Crippen molar-refractivity contribution in [2.45, 2.75) is 20.4 Å². The zero-order chi connectivity index (χ0) is 14.4. The first-order valence-electron chi connectivity index (χ1n) is 6.85. The fourth-order valence-electron chi connectivity index (χ4n) is 1.79. The second-order valence-electron chi connectivity index (χ2n) is 5.18. The average Bonchev–Trinajstić information content (AvgIpc) is 2.45. The first kappa shape index (κ1) is 14.4. The molecule has 2 aromatic rings. The van der Waals surface area contributed by atoms with Crippen molar-refractivity contribution in [3.63, 3.8) is 0 Å². The molecule has 2 aromatic carbocycles. The predicted octanol–water partition coefficient (Wildman–Crippen LogP) is 4.47. The predicted molar refractivity (Wildman–Crippen MR) is 80.5 cm³/mol. The Morgan fingerprint density at radius 3 is 2.45 bits per heavy atom. The van der Waals surface area contributed by atoms with Gasteiger partial charge in [0.1, 0.15) is 11.6 Å². The molecule has 0 atom stereocenters. The number of anilines is 1. The lowest BCUT2D eigenvalue weighted by Gasteiger charge is -2.14. The molecule has 0 saturated heterocycles. The number of nitrogens with one attached hydrogen (secondary N) is 1. The van der Waals surface area contributed by atoms with E-state index >= 15 is 0 Å². The maximum absolute atomic E-state index is 12.8. The highest BCUT2D eigenvalue weighted by Crippen LogP contribution is 2.24. The van der Waals surface area contributed by atoms with Gasteiger partial charge in [0.2, 0.25) is 0 Å². The number of halogens is 1. The van der Waals surface area contributed by atoms with Crippen molar-refractivity contribution in [2.75, 3.05) is 11.9 Å². The third kappa shape index (κ3) is 4.26. The van der Waals surface area contributed by atoms with Gasteiger partial charge in [-0.1, -0.05) is 38.1 Å². The van der Waals surface area contributed by atoms with E-state index in [9.17, 15) is 4.39 Å². The molecular weight excluding hydrogens is 253 g/mol. The van der Waals surface area contributed by atoms with Gasteiger partial charge in [-0.25, -0.2) is 4.39 Å². The van der Waals surface area contributed by atoms with E-state index in [-0.39, 0.29) is 5.82 Å². The van der Waals surface area contributed by atoms with Crippen molar-refractivity contribution in [1.82, 2.24) is 0 Å². The minimum absolute atomic E-state index is 0.214. The van der Waals surface area contributed by atoms with Crippen molar-refractivity contribution in [3.8, 4) is 5.75 Å². The van der Waals surface area contributed by atoms with Gasteiger partial charge in [0.25, 0.3) is 0 Å². The van der Waals surface area contributed by atoms with Crippen molar-refractivity contribution in [3.05, 3.63) is 59.9 Å². The molecule has 0 fully saturated rings. The summed E-state index contributed by atoms with van der Waals surface area (Å²) in [5.74, 6) is 1.12. The van der Waals surface area contributed by atoms with Crippen LogP contribution < -0.4 is 10.1 Å². The van der Waals surface area contributed by atoms with E-state index in [4.69, 9.17) is 4.74 Å². The van der Waals surface area contributed by atoms with Crippen LogP contribution in [0.25, 0.3) is 0 Å². The molecule has 2 nitrogen and oxygen atoms in total. The number of hydrogen-bond donors (Lipinski definition) is 1. The molecule has 0 unspecified atom stereocenters. The second-order valence-corrected chi connectivity index (χ2v) is 5.18. The summed E-state index contributed by atoms with van der Waals surface area (Å²) in [5, 5.41) is 3.33. The molecule has 0 bridgehead atoms. The molecule has 1 N–H and O–H groups in total. The zero-order valence-electron chi connectivity index (χ0n) is 11.9. The Balaban J connectivity index is 1.99. The van der Waals surface area contributed by atoms with Crippen molar-refractivity contribution >= 4 is 5.69 Å². The van der Waals surface area contributed by atoms with Crippen LogP contribution in [0.5, 0.6) is 5.75 Å². The fourth-order valence-corrected chi connectivity index (χ4v) is 1.79. The molecule has 0 aliphatic rings. The van der Waals surface area contributed by atoms with Crippen LogP contribution >= 0.6 is 0 Å². The van der Waals surface area contributed by atoms with Gasteiger partial charge in [-0.15, -0.1) is 0 Å². The van der Waals surface area contributed by atoms with Crippen molar-refractivity contribution in [2.24, 2.45) is 5.92 Å². The standard InChI is InChI=1S/C17H20FNO/c1-13(2)12-20-17-6-4-3-5-16(17)19-11-14-7-9-15(18)10-8-14/h3-10,13,19H,11-12H2,1-2H3. The summed E-state index contributed by atoms with van der Waals surface area (Å²) in [4.78, 5) is 0. The first-order valence-corrected chi connectivity index (χ1v) is 6.85. The lowest BCUT2D eigenvalue weighted by molar-refractivity contribution is 0.272. The smallest absolute Gasteiger partial charge is 0.142 e. The Morgan fingerprint density at radius 1 is 1.05 bits per heavy atom. The van der Waals surface area contributed by atoms with Crippen LogP contribution in [0.3, 0.4) is 0 Å². The average molecular weight is 273 g/mol. The van der Waals surface area contributed by atoms with Gasteiger partial charge < -0.3 is 10.1 Å². The van der Waals surface area contributed by atoms with Crippen LogP contribution in [0.15, 0.2) is 48.5 Å². The van der Waals surface area contributed by atoms with Crippen molar-refractivity contribution in [1.29, 1.82) is 0 Å². The molecule has 0 amide bonds. The molecule has 3 heteroatoms. The fraction of sp³-hybridized carbons (Fsp3) is 0.294. The molecule has 0 heterocycles. The highest BCUT2D eigenvalue weighted by molar-refractivity contribution is 5.56. The number of benzene rings is 2. The largest absolute Gasteiger partial charge is 0.491 e. The Bertz CT molecular complexity index is 537. The summed E-state index contributed by atoms with van der Waals surface area (Å²) >= 11 is 0. The van der Waals surface area contributed by atoms with Gasteiger partial charge in [-0.05, 0) is 35.7 Å². The van der Waals surface area contributed by atoms with E-state index in [1.165, 1.54) is 12.1 Å². The molecule has 106 valence electrons. The minimum atomic E-state index is -0.214. The minimum Gasteiger partial charge on any atom is -0.491 e. The summed E-state index contributed by atoms with van der Waals surface area (Å²) < 4.78 is 18.6. The Labute approximate surface area is 119 Å². The first-order chi connectivity index (χ1) is 9.65. The van der Waals surface area contributed by atoms with Crippen LogP contribution in [0.1, 0.15) is 19.4 Å². The SMILES string of the molecule is CC(C)COc1ccccc1NCc1ccc(F)cc1. The molecule has 20 heavy (non-hydrogen) atoms. The molecule has 0 saturated carbocycles. The summed E-state index contributed by atoms with van der Waals surface area (Å²) in [6.45, 7) is 5.57. The van der Waals surface area contributed by atoms with E-state index < -0.39 is 0 Å². The topological polar surface area (TPSA) is 21.3 Å². The Hall–Kier alpha value is -2.03. The van der Waals surface area contributed by atoms with Crippen LogP contribution in [0.2, 0.25) is 0 Å².